The first kappa shape index (κ1) is 15.2. The summed E-state index contributed by atoms with van der Waals surface area (Å²) in [4.78, 5) is 13.0. The normalized spacial score (nSPS) is 10.8. The lowest BCUT2D eigenvalue weighted by atomic mass is 10.2. The second kappa shape index (κ2) is 6.29. The topological polar surface area (TPSA) is 95.4 Å². The number of pyridine rings is 1. The molecule has 0 bridgehead atoms. The summed E-state index contributed by atoms with van der Waals surface area (Å²) in [5.41, 5.74) is 8.78. The van der Waals surface area contributed by atoms with Crippen LogP contribution in [-0.2, 0) is 0 Å². The number of nitrogen functional groups attached to an aromatic ring is 1. The molecule has 2 N–H and O–H groups in total. The van der Waals surface area contributed by atoms with Crippen LogP contribution < -0.4 is 5.73 Å². The Labute approximate surface area is 148 Å². The Balaban J connectivity index is 1.85. The Kier molecular flexibility index (Phi) is 3.83. The molecule has 0 aliphatic rings. The lowest BCUT2D eigenvalue weighted by Gasteiger charge is -2.09. The van der Waals surface area contributed by atoms with Crippen molar-refractivity contribution in [2.45, 2.75) is 0 Å². The van der Waals surface area contributed by atoms with Crippen LogP contribution in [0.15, 0.2) is 61.3 Å². The van der Waals surface area contributed by atoms with Crippen LogP contribution >= 0.6 is 11.6 Å². The van der Waals surface area contributed by atoms with Gasteiger partial charge in [0.05, 0.1) is 17.6 Å². The molecule has 8 heteroatoms. The van der Waals surface area contributed by atoms with Crippen molar-refractivity contribution in [1.82, 2.24) is 29.7 Å². The van der Waals surface area contributed by atoms with Gasteiger partial charge in [-0.05, 0) is 30.3 Å². The monoisotopic (exact) mass is 349 g/mol. The minimum atomic E-state index is 0.268. The number of hydrogen-bond donors (Lipinski definition) is 1. The molecule has 0 aliphatic carbocycles. The van der Waals surface area contributed by atoms with Crippen LogP contribution in [0.5, 0.6) is 0 Å². The van der Waals surface area contributed by atoms with Crippen molar-refractivity contribution in [3.63, 3.8) is 0 Å². The summed E-state index contributed by atoms with van der Waals surface area (Å²) in [5, 5.41) is 8.75. The van der Waals surface area contributed by atoms with Gasteiger partial charge in [0.1, 0.15) is 6.33 Å². The number of rotatable bonds is 3. The van der Waals surface area contributed by atoms with Gasteiger partial charge in [0.15, 0.2) is 17.3 Å². The van der Waals surface area contributed by atoms with Crippen molar-refractivity contribution in [3.05, 3.63) is 66.3 Å². The molecule has 122 valence electrons. The minimum absolute atomic E-state index is 0.268. The predicted octanol–water partition coefficient (Wildman–Crippen LogP) is 3.02. The summed E-state index contributed by atoms with van der Waals surface area (Å²) in [7, 11) is 0. The van der Waals surface area contributed by atoms with E-state index in [1.165, 1.54) is 0 Å². The van der Waals surface area contributed by atoms with Crippen LogP contribution in [0.3, 0.4) is 0 Å². The highest BCUT2D eigenvalue weighted by molar-refractivity contribution is 6.30. The van der Waals surface area contributed by atoms with Crippen molar-refractivity contribution in [1.29, 1.82) is 0 Å². The number of aromatic nitrogens is 6. The largest absolute Gasteiger partial charge is 0.382 e. The van der Waals surface area contributed by atoms with Gasteiger partial charge in [-0.1, -0.05) is 17.7 Å². The molecule has 0 saturated carbocycles. The third-order valence-corrected chi connectivity index (χ3v) is 3.84. The second-order valence-electron chi connectivity index (χ2n) is 5.24. The summed E-state index contributed by atoms with van der Waals surface area (Å²) in [6, 6.07) is 11.1. The SMILES string of the molecule is Nc1ncc(-c2cccnc2)nc1-c1nncn1-c1cccc(Cl)c1. The molecule has 7 nitrogen and oxygen atoms in total. The van der Waals surface area contributed by atoms with Gasteiger partial charge in [0.25, 0.3) is 0 Å². The van der Waals surface area contributed by atoms with Gasteiger partial charge in [0, 0.05) is 23.0 Å². The van der Waals surface area contributed by atoms with Gasteiger partial charge in [-0.2, -0.15) is 0 Å². The zero-order valence-electron chi connectivity index (χ0n) is 12.9. The van der Waals surface area contributed by atoms with Gasteiger partial charge in [-0.15, -0.1) is 10.2 Å². The Morgan fingerprint density at radius 2 is 2.00 bits per heavy atom. The molecule has 0 aliphatic heterocycles. The first-order valence-electron chi connectivity index (χ1n) is 7.41. The number of anilines is 1. The second-order valence-corrected chi connectivity index (χ2v) is 5.67. The highest BCUT2D eigenvalue weighted by Crippen LogP contribution is 2.26. The first-order chi connectivity index (χ1) is 12.2. The van der Waals surface area contributed by atoms with Gasteiger partial charge in [-0.25, -0.2) is 9.97 Å². The molecule has 0 atom stereocenters. The molecule has 4 rings (SSSR count). The predicted molar refractivity (Wildman–Crippen MR) is 95.0 cm³/mol. The van der Waals surface area contributed by atoms with E-state index in [1.807, 2.05) is 30.3 Å². The van der Waals surface area contributed by atoms with Crippen molar-refractivity contribution in [2.24, 2.45) is 0 Å². The van der Waals surface area contributed by atoms with Crippen LogP contribution in [0, 0.1) is 0 Å². The van der Waals surface area contributed by atoms with E-state index in [4.69, 9.17) is 17.3 Å². The number of hydrogen-bond acceptors (Lipinski definition) is 6. The summed E-state index contributed by atoms with van der Waals surface area (Å²) >= 11 is 6.08. The maximum Gasteiger partial charge on any atom is 0.190 e. The molecule has 4 aromatic rings. The fraction of sp³-hybridized carbons (Fsp3) is 0. The maximum absolute atomic E-state index is 6.08. The Bertz CT molecular complexity index is 1030. The van der Waals surface area contributed by atoms with E-state index in [9.17, 15) is 0 Å². The maximum atomic E-state index is 6.08. The smallest absolute Gasteiger partial charge is 0.190 e. The van der Waals surface area contributed by atoms with E-state index in [2.05, 4.69) is 25.1 Å². The molecule has 0 unspecified atom stereocenters. The van der Waals surface area contributed by atoms with Gasteiger partial charge < -0.3 is 5.73 Å². The lowest BCUT2D eigenvalue weighted by Crippen LogP contribution is -2.04. The minimum Gasteiger partial charge on any atom is -0.382 e. The van der Waals surface area contributed by atoms with Crippen LogP contribution in [0.25, 0.3) is 28.5 Å². The van der Waals surface area contributed by atoms with Gasteiger partial charge in [-0.3, -0.25) is 9.55 Å². The van der Waals surface area contributed by atoms with E-state index < -0.39 is 0 Å². The third kappa shape index (κ3) is 2.92. The quantitative estimate of drug-likeness (QED) is 0.610. The molecule has 0 spiro atoms. The number of halogens is 1. The molecule has 1 aromatic carbocycles. The fourth-order valence-electron chi connectivity index (χ4n) is 2.43. The molecule has 0 radical (unpaired) electrons. The van der Waals surface area contributed by atoms with Gasteiger partial charge in [0.2, 0.25) is 0 Å². The van der Waals surface area contributed by atoms with Crippen LogP contribution in [0.4, 0.5) is 5.82 Å². The average Bonchev–Trinajstić information content (AvgIpc) is 3.12. The van der Waals surface area contributed by atoms with Crippen molar-refractivity contribution in [3.8, 4) is 28.5 Å². The van der Waals surface area contributed by atoms with Crippen LogP contribution in [-0.4, -0.2) is 29.7 Å². The zero-order valence-corrected chi connectivity index (χ0v) is 13.7. The highest BCUT2D eigenvalue weighted by Gasteiger charge is 2.16. The molecule has 25 heavy (non-hydrogen) atoms. The van der Waals surface area contributed by atoms with E-state index in [-0.39, 0.29) is 5.82 Å². The van der Waals surface area contributed by atoms with E-state index in [0.29, 0.717) is 22.2 Å². The van der Waals surface area contributed by atoms with E-state index >= 15 is 0 Å². The fourth-order valence-corrected chi connectivity index (χ4v) is 2.61. The summed E-state index contributed by atoms with van der Waals surface area (Å²) < 4.78 is 1.76. The number of nitrogens with zero attached hydrogens (tertiary/aromatic N) is 6. The van der Waals surface area contributed by atoms with Crippen molar-refractivity contribution in [2.75, 3.05) is 5.73 Å². The highest BCUT2D eigenvalue weighted by atomic mass is 35.5. The third-order valence-electron chi connectivity index (χ3n) is 3.60. The molecule has 3 aromatic heterocycles. The van der Waals surface area contributed by atoms with Gasteiger partial charge >= 0.3 is 0 Å². The van der Waals surface area contributed by atoms with Crippen molar-refractivity contribution >= 4 is 17.4 Å². The average molecular weight is 350 g/mol. The molecule has 0 amide bonds. The molecule has 0 saturated heterocycles. The summed E-state index contributed by atoms with van der Waals surface area (Å²) in [5.74, 6) is 0.752. The van der Waals surface area contributed by atoms with Crippen molar-refractivity contribution < 1.29 is 0 Å². The van der Waals surface area contributed by atoms with Crippen LogP contribution in [0.2, 0.25) is 5.02 Å². The first-order valence-corrected chi connectivity index (χ1v) is 7.79. The molecular formula is C17H12ClN7. The number of nitrogens with two attached hydrogens (primary N) is 1. The standard InChI is InChI=1S/C17H12ClN7/c18-12-4-1-5-13(7-12)25-10-22-24-17(25)15-16(19)21-9-14(23-15)11-3-2-6-20-8-11/h1-10H,(H2,19,21). The van der Waals surface area contributed by atoms with Crippen LogP contribution in [0.1, 0.15) is 0 Å². The summed E-state index contributed by atoms with van der Waals surface area (Å²) in [6.07, 6.45) is 6.60. The Hall–Kier alpha value is -3.32. The summed E-state index contributed by atoms with van der Waals surface area (Å²) in [6.45, 7) is 0. The molecule has 3 heterocycles. The van der Waals surface area contributed by atoms with E-state index in [0.717, 1.165) is 11.3 Å². The molecule has 0 fully saturated rings. The lowest BCUT2D eigenvalue weighted by molar-refractivity contribution is 1.04. The van der Waals surface area contributed by atoms with E-state index in [1.54, 1.807) is 35.6 Å². The Morgan fingerprint density at radius 1 is 1.08 bits per heavy atom. The Morgan fingerprint density at radius 3 is 2.80 bits per heavy atom. The molecular weight excluding hydrogens is 338 g/mol. The zero-order chi connectivity index (χ0) is 17.2. The number of benzene rings is 1.